The Morgan fingerprint density at radius 1 is 1.15 bits per heavy atom. The third-order valence-corrected chi connectivity index (χ3v) is 6.25. The molecule has 33 heavy (non-hydrogen) atoms. The summed E-state index contributed by atoms with van der Waals surface area (Å²) < 4.78 is 5.10. The summed E-state index contributed by atoms with van der Waals surface area (Å²) in [6, 6.07) is 10.4. The molecule has 2 atom stereocenters. The molecule has 0 radical (unpaired) electrons. The number of benzene rings is 1. The van der Waals surface area contributed by atoms with E-state index in [0.717, 1.165) is 24.9 Å². The van der Waals surface area contributed by atoms with Gasteiger partial charge in [0, 0.05) is 12.5 Å². The van der Waals surface area contributed by atoms with Gasteiger partial charge in [-0.15, -0.1) is 0 Å². The minimum atomic E-state index is -0.372. The maximum absolute atomic E-state index is 12.9. The van der Waals surface area contributed by atoms with Gasteiger partial charge in [0.15, 0.2) is 0 Å². The summed E-state index contributed by atoms with van der Waals surface area (Å²) in [4.78, 5) is 32.1. The second-order valence-electron chi connectivity index (χ2n) is 8.43. The van der Waals surface area contributed by atoms with Crippen LogP contribution in [0, 0.1) is 0 Å². The van der Waals surface area contributed by atoms with E-state index in [4.69, 9.17) is 16.3 Å². The number of hydrogen-bond acceptors (Lipinski definition) is 5. The van der Waals surface area contributed by atoms with Crippen LogP contribution in [0.4, 0.5) is 0 Å². The van der Waals surface area contributed by atoms with Crippen LogP contribution in [-0.2, 0) is 4.79 Å². The molecule has 0 aliphatic carbocycles. The Hall–Kier alpha value is -2.64. The van der Waals surface area contributed by atoms with Crippen LogP contribution in [0.1, 0.15) is 61.0 Å². The van der Waals surface area contributed by atoms with Crippen LogP contribution in [0.5, 0.6) is 5.88 Å². The van der Waals surface area contributed by atoms with Crippen LogP contribution < -0.4 is 15.4 Å². The maximum Gasteiger partial charge on any atom is 0.253 e. The first kappa shape index (κ1) is 25.0. The molecule has 0 bridgehead atoms. The Bertz CT molecular complexity index is 919. The van der Waals surface area contributed by atoms with Crippen LogP contribution >= 0.6 is 11.6 Å². The molecule has 1 aromatic carbocycles. The van der Waals surface area contributed by atoms with Crippen LogP contribution in [0.2, 0.25) is 5.02 Å². The van der Waals surface area contributed by atoms with E-state index in [0.29, 0.717) is 12.3 Å². The third kappa shape index (κ3) is 7.44. The van der Waals surface area contributed by atoms with Crippen molar-refractivity contribution >= 4 is 23.4 Å². The number of amides is 2. The normalized spacial score (nSPS) is 15.6. The van der Waals surface area contributed by atoms with Crippen molar-refractivity contribution in [3.05, 3.63) is 58.7 Å². The average molecular weight is 473 g/mol. The summed E-state index contributed by atoms with van der Waals surface area (Å²) in [5.41, 5.74) is 1.20. The molecule has 2 amide bonds. The topological polar surface area (TPSA) is 83.6 Å². The molecule has 1 aromatic heterocycles. The number of carbonyl (C=O) groups is 2. The van der Waals surface area contributed by atoms with E-state index < -0.39 is 0 Å². The number of nitrogens with one attached hydrogen (secondary N) is 2. The average Bonchev–Trinajstić information content (AvgIpc) is 3.34. The van der Waals surface area contributed by atoms with E-state index in [2.05, 4.69) is 20.5 Å². The van der Waals surface area contributed by atoms with Gasteiger partial charge in [-0.2, -0.15) is 0 Å². The number of ether oxygens (including phenoxy) is 1. The van der Waals surface area contributed by atoms with E-state index in [1.807, 2.05) is 37.3 Å². The Labute approximate surface area is 200 Å². The van der Waals surface area contributed by atoms with Crippen molar-refractivity contribution in [2.45, 2.75) is 51.1 Å². The lowest BCUT2D eigenvalue weighted by Crippen LogP contribution is -2.44. The van der Waals surface area contributed by atoms with Crippen molar-refractivity contribution in [2.24, 2.45) is 0 Å². The molecule has 1 saturated heterocycles. The second-order valence-corrected chi connectivity index (χ2v) is 8.84. The standard InChI is InChI=1S/C25H33ClN4O3/c1-18(28-25(32)20-16-23(33-2)27-17-21(20)26)24(19-10-4-3-5-11-19)29-22(31)12-6-7-13-30-14-8-9-15-30/h3-5,10-11,16-18,24H,6-9,12-15H2,1-2H3,(H,28,32)(H,29,31). The first-order valence-electron chi connectivity index (χ1n) is 11.5. The lowest BCUT2D eigenvalue weighted by Gasteiger charge is -2.27. The van der Waals surface area contributed by atoms with Crippen LogP contribution in [-0.4, -0.2) is 54.5 Å². The molecule has 7 nitrogen and oxygen atoms in total. The highest BCUT2D eigenvalue weighted by molar-refractivity contribution is 6.33. The number of halogens is 1. The van der Waals surface area contributed by atoms with Crippen molar-refractivity contribution < 1.29 is 14.3 Å². The van der Waals surface area contributed by atoms with Gasteiger partial charge in [-0.05, 0) is 57.8 Å². The molecule has 2 heterocycles. The van der Waals surface area contributed by atoms with Crippen molar-refractivity contribution in [1.29, 1.82) is 0 Å². The molecule has 2 aromatic rings. The maximum atomic E-state index is 12.9. The molecule has 0 spiro atoms. The second kappa shape index (κ2) is 12.6. The fraction of sp³-hybridized carbons (Fsp3) is 0.480. The fourth-order valence-corrected chi connectivity index (χ4v) is 4.29. The third-order valence-electron chi connectivity index (χ3n) is 5.94. The van der Waals surface area contributed by atoms with Crippen molar-refractivity contribution in [3.63, 3.8) is 0 Å². The van der Waals surface area contributed by atoms with Gasteiger partial charge in [-0.25, -0.2) is 4.98 Å². The van der Waals surface area contributed by atoms with E-state index in [9.17, 15) is 9.59 Å². The number of rotatable bonds is 11. The molecule has 1 aliphatic rings. The SMILES string of the molecule is COc1cc(C(=O)NC(C)C(NC(=O)CCCCN2CCCC2)c2ccccc2)c(Cl)cn1. The predicted octanol–water partition coefficient (Wildman–Crippen LogP) is 3.99. The van der Waals surface area contributed by atoms with Gasteiger partial charge in [0.05, 0.1) is 36.0 Å². The number of pyridine rings is 1. The van der Waals surface area contributed by atoms with Crippen molar-refractivity contribution in [2.75, 3.05) is 26.7 Å². The summed E-state index contributed by atoms with van der Waals surface area (Å²) >= 11 is 6.18. The number of hydrogen-bond donors (Lipinski definition) is 2. The molecule has 0 saturated carbocycles. The molecule has 3 rings (SSSR count). The zero-order valence-electron chi connectivity index (χ0n) is 19.4. The van der Waals surface area contributed by atoms with Gasteiger partial charge in [0.25, 0.3) is 5.91 Å². The van der Waals surface area contributed by atoms with Crippen LogP contribution in [0.3, 0.4) is 0 Å². The minimum Gasteiger partial charge on any atom is -0.481 e. The quantitative estimate of drug-likeness (QED) is 0.483. The molecule has 178 valence electrons. The monoisotopic (exact) mass is 472 g/mol. The van der Waals surface area contributed by atoms with E-state index in [1.54, 1.807) is 0 Å². The summed E-state index contributed by atoms with van der Waals surface area (Å²) in [7, 11) is 1.48. The Morgan fingerprint density at radius 3 is 2.58 bits per heavy atom. The van der Waals surface area contributed by atoms with Crippen molar-refractivity contribution in [1.82, 2.24) is 20.5 Å². The molecule has 2 unspecified atom stereocenters. The Morgan fingerprint density at radius 2 is 1.88 bits per heavy atom. The number of methoxy groups -OCH3 is 1. The van der Waals surface area contributed by atoms with Gasteiger partial charge in [-0.3, -0.25) is 9.59 Å². The molecule has 2 N–H and O–H groups in total. The zero-order chi connectivity index (χ0) is 23.6. The molecular formula is C25H33ClN4O3. The highest BCUT2D eigenvalue weighted by Gasteiger charge is 2.24. The largest absolute Gasteiger partial charge is 0.481 e. The first-order valence-corrected chi connectivity index (χ1v) is 11.9. The van der Waals surface area contributed by atoms with E-state index in [1.165, 1.54) is 45.3 Å². The zero-order valence-corrected chi connectivity index (χ0v) is 20.1. The highest BCUT2D eigenvalue weighted by Crippen LogP contribution is 2.22. The molecular weight excluding hydrogens is 440 g/mol. The summed E-state index contributed by atoms with van der Waals surface area (Å²) in [6.07, 6.45) is 6.26. The van der Waals surface area contributed by atoms with Gasteiger partial charge in [0.2, 0.25) is 11.8 Å². The molecule has 1 aliphatic heterocycles. The Balaban J connectivity index is 1.61. The summed E-state index contributed by atoms with van der Waals surface area (Å²) in [5, 5.41) is 6.32. The number of aromatic nitrogens is 1. The smallest absolute Gasteiger partial charge is 0.253 e. The molecule has 8 heteroatoms. The van der Waals surface area contributed by atoms with Gasteiger partial charge >= 0.3 is 0 Å². The predicted molar refractivity (Wildman–Crippen MR) is 130 cm³/mol. The lowest BCUT2D eigenvalue weighted by atomic mass is 9.99. The summed E-state index contributed by atoms with van der Waals surface area (Å²) in [5.74, 6) is -0.0666. The van der Waals surface area contributed by atoms with Gasteiger partial charge in [0.1, 0.15) is 0 Å². The number of likely N-dealkylation sites (tertiary alicyclic amines) is 1. The summed E-state index contributed by atoms with van der Waals surface area (Å²) in [6.45, 7) is 5.27. The fourth-order valence-electron chi connectivity index (χ4n) is 4.10. The first-order chi connectivity index (χ1) is 16.0. The van der Waals surface area contributed by atoms with Gasteiger partial charge in [-0.1, -0.05) is 41.9 Å². The van der Waals surface area contributed by atoms with Gasteiger partial charge < -0.3 is 20.3 Å². The number of carbonyl (C=O) groups excluding carboxylic acids is 2. The molecule has 1 fully saturated rings. The van der Waals surface area contributed by atoms with Crippen LogP contribution in [0.25, 0.3) is 0 Å². The minimum absolute atomic E-state index is 0.0185. The lowest BCUT2D eigenvalue weighted by molar-refractivity contribution is -0.122. The number of unbranched alkanes of at least 4 members (excludes halogenated alkanes) is 1. The number of nitrogens with zero attached hydrogens (tertiary/aromatic N) is 2. The highest BCUT2D eigenvalue weighted by atomic mass is 35.5. The van der Waals surface area contributed by atoms with Crippen LogP contribution in [0.15, 0.2) is 42.6 Å². The Kier molecular flexibility index (Phi) is 9.51. The van der Waals surface area contributed by atoms with E-state index in [-0.39, 0.29) is 34.5 Å². The van der Waals surface area contributed by atoms with Crippen molar-refractivity contribution in [3.8, 4) is 5.88 Å². The van der Waals surface area contributed by atoms with E-state index >= 15 is 0 Å².